The molecule has 1 N–H and O–H groups in total. The van der Waals surface area contributed by atoms with Crippen molar-refractivity contribution in [3.63, 3.8) is 0 Å². The molecule has 24 heavy (non-hydrogen) atoms. The van der Waals surface area contributed by atoms with Gasteiger partial charge in [0.25, 0.3) is 0 Å². The minimum Gasteiger partial charge on any atom is -0.328 e. The van der Waals surface area contributed by atoms with Crippen molar-refractivity contribution in [2.75, 3.05) is 5.32 Å². The average molecular weight is 365 g/mol. The lowest BCUT2D eigenvalue weighted by Crippen LogP contribution is -2.43. The van der Waals surface area contributed by atoms with Gasteiger partial charge in [-0.05, 0) is 31.5 Å². The Labute approximate surface area is 151 Å². The first-order chi connectivity index (χ1) is 11.4. The summed E-state index contributed by atoms with van der Waals surface area (Å²) >= 11 is 12.1. The molecule has 0 unspecified atom stereocenters. The van der Waals surface area contributed by atoms with Crippen LogP contribution in [0.4, 0.5) is 5.69 Å². The molecular weight excluding hydrogens is 347 g/mol. The van der Waals surface area contributed by atoms with Crippen molar-refractivity contribution in [3.8, 4) is 0 Å². The van der Waals surface area contributed by atoms with Crippen LogP contribution < -0.4 is 5.32 Å². The van der Waals surface area contributed by atoms with Crippen molar-refractivity contribution in [1.29, 1.82) is 0 Å². The smallest absolute Gasteiger partial charge is 0.314 e. The van der Waals surface area contributed by atoms with Gasteiger partial charge in [-0.25, -0.2) is 0 Å². The Morgan fingerprint density at radius 3 is 2.12 bits per heavy atom. The lowest BCUT2D eigenvalue weighted by atomic mass is 10.2. The number of hydrogen-bond acceptors (Lipinski definition) is 2. The molecule has 2 aromatic rings. The van der Waals surface area contributed by atoms with Gasteiger partial charge in [0.1, 0.15) is 0 Å². The van der Waals surface area contributed by atoms with Crippen molar-refractivity contribution in [3.05, 3.63) is 64.1 Å². The zero-order valence-electron chi connectivity index (χ0n) is 13.4. The van der Waals surface area contributed by atoms with Crippen LogP contribution in [0, 0.1) is 0 Å². The van der Waals surface area contributed by atoms with Crippen LogP contribution in [0.3, 0.4) is 0 Å². The predicted octanol–water partition coefficient (Wildman–Crippen LogP) is 4.37. The van der Waals surface area contributed by atoms with Crippen LogP contribution in [0.15, 0.2) is 48.5 Å². The zero-order valence-corrected chi connectivity index (χ0v) is 14.9. The molecule has 0 radical (unpaired) electrons. The van der Waals surface area contributed by atoms with Crippen LogP contribution in [0.2, 0.25) is 10.0 Å². The first kappa shape index (κ1) is 18.3. The van der Waals surface area contributed by atoms with E-state index in [2.05, 4.69) is 5.32 Å². The number of halogens is 2. The third kappa shape index (κ3) is 4.49. The Hall–Kier alpha value is -2.04. The van der Waals surface area contributed by atoms with Crippen LogP contribution in [0.1, 0.15) is 19.4 Å². The Kier molecular flexibility index (Phi) is 6.23. The normalized spacial score (nSPS) is 10.5. The van der Waals surface area contributed by atoms with Crippen molar-refractivity contribution in [1.82, 2.24) is 4.90 Å². The van der Waals surface area contributed by atoms with Crippen molar-refractivity contribution >= 4 is 40.7 Å². The summed E-state index contributed by atoms with van der Waals surface area (Å²) in [6.45, 7) is 4.06. The second kappa shape index (κ2) is 8.18. The Morgan fingerprint density at radius 2 is 1.58 bits per heavy atom. The maximum atomic E-state index is 12.5. The van der Waals surface area contributed by atoms with Gasteiger partial charge in [0.2, 0.25) is 0 Å². The maximum Gasteiger partial charge on any atom is 0.314 e. The Bertz CT molecular complexity index is 713. The van der Waals surface area contributed by atoms with E-state index >= 15 is 0 Å². The van der Waals surface area contributed by atoms with E-state index < -0.39 is 11.8 Å². The van der Waals surface area contributed by atoms with Crippen LogP contribution in [0.5, 0.6) is 0 Å². The molecule has 0 aliphatic heterocycles. The van der Waals surface area contributed by atoms with Crippen molar-refractivity contribution in [2.45, 2.75) is 26.4 Å². The molecule has 0 fully saturated rings. The largest absolute Gasteiger partial charge is 0.328 e. The monoisotopic (exact) mass is 364 g/mol. The highest BCUT2D eigenvalue weighted by atomic mass is 35.5. The third-order valence-electron chi connectivity index (χ3n) is 3.48. The van der Waals surface area contributed by atoms with Crippen molar-refractivity contribution < 1.29 is 9.59 Å². The predicted molar refractivity (Wildman–Crippen MR) is 97.2 cm³/mol. The van der Waals surface area contributed by atoms with Gasteiger partial charge in [0.15, 0.2) is 0 Å². The fraction of sp³-hybridized carbons (Fsp3) is 0.222. The molecule has 2 amide bonds. The van der Waals surface area contributed by atoms with Crippen molar-refractivity contribution in [2.24, 2.45) is 0 Å². The second-order valence-electron chi connectivity index (χ2n) is 5.56. The van der Waals surface area contributed by atoms with E-state index in [0.29, 0.717) is 6.54 Å². The number of nitrogens with one attached hydrogen (secondary N) is 1. The first-order valence-corrected chi connectivity index (χ1v) is 8.25. The standard InChI is InChI=1S/C18H18Cl2N2O2/c1-12(2)22(11-13-7-4-3-5-8-13)18(24)17(23)21-16-14(19)9-6-10-15(16)20/h3-10,12H,11H2,1-2H3,(H,21,23). The van der Waals surface area contributed by atoms with Gasteiger partial charge >= 0.3 is 11.8 Å². The van der Waals surface area contributed by atoms with Crippen LogP contribution >= 0.6 is 23.2 Å². The molecule has 0 bridgehead atoms. The molecular formula is C18H18Cl2N2O2. The van der Waals surface area contributed by atoms with E-state index in [1.807, 2.05) is 44.2 Å². The van der Waals surface area contributed by atoms with Crippen LogP contribution in [0.25, 0.3) is 0 Å². The highest BCUT2D eigenvalue weighted by Gasteiger charge is 2.25. The molecule has 0 saturated heterocycles. The maximum absolute atomic E-state index is 12.5. The van der Waals surface area contributed by atoms with Crippen LogP contribution in [-0.2, 0) is 16.1 Å². The second-order valence-corrected chi connectivity index (χ2v) is 6.38. The topological polar surface area (TPSA) is 49.4 Å². The molecule has 0 saturated carbocycles. The number of nitrogens with zero attached hydrogens (tertiary/aromatic N) is 1. The summed E-state index contributed by atoms with van der Waals surface area (Å²) in [6.07, 6.45) is 0. The van der Waals surface area contributed by atoms with E-state index in [4.69, 9.17) is 23.2 Å². The van der Waals surface area contributed by atoms with Gasteiger partial charge in [0, 0.05) is 12.6 Å². The van der Waals surface area contributed by atoms with Gasteiger partial charge in [-0.15, -0.1) is 0 Å². The molecule has 0 aliphatic carbocycles. The number of anilines is 1. The summed E-state index contributed by atoms with van der Waals surface area (Å²) in [6, 6.07) is 14.2. The summed E-state index contributed by atoms with van der Waals surface area (Å²) in [5.74, 6) is -1.40. The lowest BCUT2D eigenvalue weighted by Gasteiger charge is -2.26. The number of carbonyl (C=O) groups is 2. The van der Waals surface area contributed by atoms with E-state index in [-0.39, 0.29) is 21.8 Å². The lowest BCUT2D eigenvalue weighted by molar-refractivity contribution is -0.144. The number of benzene rings is 2. The molecule has 0 aliphatic rings. The molecule has 2 rings (SSSR count). The van der Waals surface area contributed by atoms with Crippen LogP contribution in [-0.4, -0.2) is 22.8 Å². The number of hydrogen-bond donors (Lipinski definition) is 1. The highest BCUT2D eigenvalue weighted by molar-refractivity contribution is 6.44. The first-order valence-electron chi connectivity index (χ1n) is 7.50. The highest BCUT2D eigenvalue weighted by Crippen LogP contribution is 2.29. The summed E-state index contributed by atoms with van der Waals surface area (Å²) in [7, 11) is 0. The number of amides is 2. The third-order valence-corrected chi connectivity index (χ3v) is 4.11. The minimum atomic E-state index is -0.769. The molecule has 0 heterocycles. The van der Waals surface area contributed by atoms with Gasteiger partial charge in [-0.2, -0.15) is 0 Å². The van der Waals surface area contributed by atoms with Gasteiger partial charge < -0.3 is 10.2 Å². The Morgan fingerprint density at radius 1 is 1.00 bits per heavy atom. The summed E-state index contributed by atoms with van der Waals surface area (Å²) in [5, 5.41) is 3.07. The minimum absolute atomic E-state index is 0.134. The quantitative estimate of drug-likeness (QED) is 0.818. The van der Waals surface area contributed by atoms with E-state index in [9.17, 15) is 9.59 Å². The molecule has 0 aromatic heterocycles. The molecule has 0 atom stereocenters. The number of rotatable bonds is 4. The SMILES string of the molecule is CC(C)N(Cc1ccccc1)C(=O)C(=O)Nc1c(Cl)cccc1Cl. The van der Waals surface area contributed by atoms with E-state index in [1.165, 1.54) is 4.90 Å². The zero-order chi connectivity index (χ0) is 17.7. The fourth-order valence-electron chi connectivity index (χ4n) is 2.18. The number of carbonyl (C=O) groups excluding carboxylic acids is 2. The van der Waals surface area contributed by atoms with Gasteiger partial charge in [0.05, 0.1) is 15.7 Å². The summed E-state index contributed by atoms with van der Waals surface area (Å²) in [5.41, 5.74) is 1.19. The summed E-state index contributed by atoms with van der Waals surface area (Å²) < 4.78 is 0. The van der Waals surface area contributed by atoms with E-state index in [1.54, 1.807) is 18.2 Å². The molecule has 6 heteroatoms. The number of para-hydroxylation sites is 1. The average Bonchev–Trinajstić information content (AvgIpc) is 2.56. The Balaban J connectivity index is 2.16. The molecule has 2 aromatic carbocycles. The fourth-order valence-corrected chi connectivity index (χ4v) is 2.68. The molecule has 4 nitrogen and oxygen atoms in total. The van der Waals surface area contributed by atoms with Gasteiger partial charge in [-0.1, -0.05) is 59.6 Å². The summed E-state index contributed by atoms with van der Waals surface area (Å²) in [4.78, 5) is 26.4. The van der Waals surface area contributed by atoms with Gasteiger partial charge in [-0.3, -0.25) is 9.59 Å². The molecule has 126 valence electrons. The van der Waals surface area contributed by atoms with E-state index in [0.717, 1.165) is 5.56 Å². The molecule has 0 spiro atoms.